The van der Waals surface area contributed by atoms with E-state index in [4.69, 9.17) is 11.6 Å². The molecular weight excluding hydrogens is 890 g/mol. The molecule has 67 heavy (non-hydrogen) atoms. The summed E-state index contributed by atoms with van der Waals surface area (Å²) in [6, 6.07) is 8.68. The Morgan fingerprint density at radius 3 is 2.43 bits per heavy atom. The van der Waals surface area contributed by atoms with Gasteiger partial charge >= 0.3 is 6.18 Å². The molecule has 17 heteroatoms. The van der Waals surface area contributed by atoms with Crippen molar-refractivity contribution in [3.63, 3.8) is 0 Å². The number of benzene rings is 2. The summed E-state index contributed by atoms with van der Waals surface area (Å²) >= 11 is 6.36. The fourth-order valence-electron chi connectivity index (χ4n) is 11.4. The number of fused-ring (bicyclic) bond motifs is 3. The van der Waals surface area contributed by atoms with Crippen LogP contribution in [-0.2, 0) is 37.3 Å². The molecule has 354 valence electrons. The van der Waals surface area contributed by atoms with Crippen LogP contribution in [0.5, 0.6) is 0 Å². The molecular formula is C50H54ClF4N7O5. The lowest BCUT2D eigenvalue weighted by atomic mass is 9.63. The van der Waals surface area contributed by atoms with E-state index < -0.39 is 53.1 Å². The second kappa shape index (κ2) is 17.8. The van der Waals surface area contributed by atoms with Crippen LogP contribution >= 0.6 is 11.6 Å². The van der Waals surface area contributed by atoms with E-state index >= 15 is 4.39 Å². The smallest absolute Gasteiger partial charge is 0.384 e. The van der Waals surface area contributed by atoms with E-state index in [2.05, 4.69) is 38.1 Å². The highest BCUT2D eigenvalue weighted by molar-refractivity contribution is 6.30. The number of nitrogens with one attached hydrogen (secondary N) is 4. The van der Waals surface area contributed by atoms with Crippen LogP contribution in [0.15, 0.2) is 48.7 Å². The summed E-state index contributed by atoms with van der Waals surface area (Å²) in [7, 11) is 0. The van der Waals surface area contributed by atoms with Crippen molar-refractivity contribution in [1.82, 2.24) is 30.7 Å². The van der Waals surface area contributed by atoms with Crippen LogP contribution in [0, 0.1) is 34.9 Å². The molecule has 1 aliphatic carbocycles. The molecule has 5 atom stereocenters. The highest BCUT2D eigenvalue weighted by Gasteiger charge is 2.62. The third-order valence-electron chi connectivity index (χ3n) is 14.7. The number of amides is 5. The minimum atomic E-state index is -4.67. The monoisotopic (exact) mass is 943 g/mol. The molecule has 1 saturated carbocycles. The number of anilines is 1. The van der Waals surface area contributed by atoms with Gasteiger partial charge < -0.3 is 25.8 Å². The van der Waals surface area contributed by atoms with Crippen LogP contribution < -0.4 is 21.3 Å². The topological polar surface area (TPSA) is 153 Å². The van der Waals surface area contributed by atoms with Gasteiger partial charge in [-0.2, -0.15) is 13.2 Å². The number of pyridine rings is 1. The number of nitrogens with zero attached hydrogens (tertiary/aromatic N) is 3. The number of alkyl halides is 3. The van der Waals surface area contributed by atoms with Crippen LogP contribution in [0.4, 0.5) is 23.2 Å². The van der Waals surface area contributed by atoms with Gasteiger partial charge in [-0.25, -0.2) is 4.39 Å². The number of halogens is 5. The van der Waals surface area contributed by atoms with Crippen molar-refractivity contribution in [2.75, 3.05) is 25.0 Å². The van der Waals surface area contributed by atoms with E-state index in [9.17, 15) is 37.1 Å². The SMILES string of the molecule is CC(C)(C)C[C@@H]1N[C@@H](C(=O)NC2CCC(C(=O)N3CCC(C#Cc4ccc5c(c4)CN(C4CCC(=O)NC4=O)C5=O)CC3)CC2)[C@H](c2cccc(Cl)c2F)[C@]12CNc1cc(C(F)(F)F)ncc12. The molecule has 4 N–H and O–H groups in total. The van der Waals surface area contributed by atoms with Crippen LogP contribution in [0.2, 0.25) is 5.02 Å². The Morgan fingerprint density at radius 2 is 1.73 bits per heavy atom. The average Bonchev–Trinajstić information content (AvgIpc) is 3.93. The van der Waals surface area contributed by atoms with Gasteiger partial charge in [0.05, 0.1) is 11.1 Å². The molecule has 9 rings (SSSR count). The van der Waals surface area contributed by atoms with Crippen molar-refractivity contribution < 1.29 is 41.5 Å². The molecule has 6 heterocycles. The lowest BCUT2D eigenvalue weighted by Crippen LogP contribution is -2.52. The predicted octanol–water partition coefficient (Wildman–Crippen LogP) is 6.84. The van der Waals surface area contributed by atoms with E-state index in [1.807, 2.05) is 31.7 Å². The van der Waals surface area contributed by atoms with Crippen LogP contribution in [0.1, 0.15) is 123 Å². The van der Waals surface area contributed by atoms with Gasteiger partial charge in [-0.15, -0.1) is 0 Å². The number of imide groups is 1. The molecule has 5 aliphatic heterocycles. The lowest BCUT2D eigenvalue weighted by Gasteiger charge is -2.39. The number of piperidine rings is 2. The Labute approximate surface area is 391 Å². The highest BCUT2D eigenvalue weighted by atomic mass is 35.5. The molecule has 1 unspecified atom stereocenters. The number of likely N-dealkylation sites (tertiary alicyclic amines) is 1. The number of hydrogen-bond donors (Lipinski definition) is 4. The second-order valence-electron chi connectivity index (χ2n) is 20.3. The zero-order chi connectivity index (χ0) is 47.6. The minimum Gasteiger partial charge on any atom is -0.384 e. The number of hydrogen-bond acceptors (Lipinski definition) is 8. The Morgan fingerprint density at radius 1 is 0.985 bits per heavy atom. The molecule has 12 nitrogen and oxygen atoms in total. The Balaban J connectivity index is 0.828. The third kappa shape index (κ3) is 9.01. The van der Waals surface area contributed by atoms with E-state index in [0.717, 1.165) is 30.0 Å². The molecule has 1 spiro atoms. The first-order valence-corrected chi connectivity index (χ1v) is 23.6. The van der Waals surface area contributed by atoms with Gasteiger partial charge in [0, 0.05) is 96.4 Å². The largest absolute Gasteiger partial charge is 0.433 e. The van der Waals surface area contributed by atoms with E-state index in [1.165, 1.54) is 17.2 Å². The van der Waals surface area contributed by atoms with Crippen LogP contribution in [0.25, 0.3) is 0 Å². The van der Waals surface area contributed by atoms with Crippen molar-refractivity contribution in [2.24, 2.45) is 17.3 Å². The molecule has 4 fully saturated rings. The summed E-state index contributed by atoms with van der Waals surface area (Å²) in [6.45, 7) is 7.69. The zero-order valence-electron chi connectivity index (χ0n) is 37.6. The molecule has 2 aromatic carbocycles. The Bertz CT molecular complexity index is 2570. The minimum absolute atomic E-state index is 0.0857. The van der Waals surface area contributed by atoms with Crippen LogP contribution in [-0.4, -0.2) is 88.1 Å². The van der Waals surface area contributed by atoms with E-state index in [0.29, 0.717) is 62.7 Å². The van der Waals surface area contributed by atoms with Crippen molar-refractivity contribution in [3.05, 3.63) is 93.0 Å². The Kier molecular flexibility index (Phi) is 12.4. The first-order chi connectivity index (χ1) is 31.8. The molecule has 0 bridgehead atoms. The normalized spacial score (nSPS) is 27.6. The number of carbonyl (C=O) groups excluding carboxylic acids is 5. The van der Waals surface area contributed by atoms with Gasteiger partial charge in [0.25, 0.3) is 5.91 Å². The lowest BCUT2D eigenvalue weighted by molar-refractivity contribution is -0.141. The molecule has 6 aliphatic rings. The summed E-state index contributed by atoms with van der Waals surface area (Å²) in [4.78, 5) is 72.8. The maximum atomic E-state index is 16.2. The molecule has 5 amide bonds. The van der Waals surface area contributed by atoms with Gasteiger partial charge in [-0.3, -0.25) is 34.3 Å². The quantitative estimate of drug-likeness (QED) is 0.119. The van der Waals surface area contributed by atoms with Crippen molar-refractivity contribution in [3.8, 4) is 11.8 Å². The van der Waals surface area contributed by atoms with Crippen molar-refractivity contribution >= 4 is 46.8 Å². The first-order valence-electron chi connectivity index (χ1n) is 23.2. The molecule has 1 aromatic heterocycles. The molecule has 0 radical (unpaired) electrons. The third-order valence-corrected chi connectivity index (χ3v) is 15.0. The van der Waals surface area contributed by atoms with Gasteiger partial charge in [0.15, 0.2) is 0 Å². The second-order valence-corrected chi connectivity index (χ2v) is 20.7. The molecule has 3 saturated heterocycles. The Hall–Kier alpha value is -5.53. The maximum Gasteiger partial charge on any atom is 0.433 e. The van der Waals surface area contributed by atoms with E-state index in [1.54, 1.807) is 24.3 Å². The fourth-order valence-corrected chi connectivity index (χ4v) is 11.6. The van der Waals surface area contributed by atoms with Crippen molar-refractivity contribution in [2.45, 2.75) is 127 Å². The standard InChI is InChI=1S/C50H54ClF4N7O5/c1-48(2,3)23-39-49(26-57-36-22-38(50(53,54)55)56-24-34(36)49)41(33-5-4-6-35(51)42(33)52)43(59-39)45(65)58-31-12-10-29(11-13-31)46(66)61-19-17-27(18-20-61)7-8-28-9-14-32-30(21-28)25-62(47(32)67)37-15-16-40(63)60-44(37)64/h4-6,9,14,21-22,24,27,29,31,37,39,41,43,57,59H,10-13,15-20,23,25-26H2,1-3H3,(H,58,65)(H,60,63,64)/t29?,31?,37?,39-,41-,43+,49-/m0/s1. The molecule has 3 aromatic rings. The summed E-state index contributed by atoms with van der Waals surface area (Å²) in [6.07, 6.45) is 1.28. The van der Waals surface area contributed by atoms with Gasteiger partial charge in [0.1, 0.15) is 17.6 Å². The predicted molar refractivity (Wildman–Crippen MR) is 241 cm³/mol. The summed E-state index contributed by atoms with van der Waals surface area (Å²) in [5, 5.41) is 12.1. The zero-order valence-corrected chi connectivity index (χ0v) is 38.4. The van der Waals surface area contributed by atoms with Gasteiger partial charge in [-0.1, -0.05) is 56.3 Å². The first kappa shape index (κ1) is 46.6. The van der Waals surface area contributed by atoms with Crippen LogP contribution in [0.3, 0.4) is 0 Å². The highest BCUT2D eigenvalue weighted by Crippen LogP contribution is 2.56. The fraction of sp³-hybridized carbons (Fsp3) is 0.520. The number of rotatable bonds is 6. The van der Waals surface area contributed by atoms with Gasteiger partial charge in [0.2, 0.25) is 23.6 Å². The summed E-state index contributed by atoms with van der Waals surface area (Å²) in [5.41, 5.74) is 0.603. The van der Waals surface area contributed by atoms with Gasteiger partial charge in [-0.05, 0) is 98.2 Å². The summed E-state index contributed by atoms with van der Waals surface area (Å²) in [5.74, 6) is 3.68. The number of aromatic nitrogens is 1. The number of carbonyl (C=O) groups is 5. The van der Waals surface area contributed by atoms with E-state index in [-0.39, 0.29) is 82.7 Å². The maximum absolute atomic E-state index is 16.2. The van der Waals surface area contributed by atoms with Crippen molar-refractivity contribution in [1.29, 1.82) is 0 Å². The summed E-state index contributed by atoms with van der Waals surface area (Å²) < 4.78 is 57.7. The average molecular weight is 944 g/mol.